The minimum atomic E-state index is 0. The van der Waals surface area contributed by atoms with Crippen LogP contribution in [0.15, 0.2) is 18.2 Å². The number of hydrogen-bond donors (Lipinski definition) is 2. The van der Waals surface area contributed by atoms with Gasteiger partial charge in [-0.2, -0.15) is 0 Å². The zero-order valence-electron chi connectivity index (χ0n) is 12.2. The van der Waals surface area contributed by atoms with Crippen molar-refractivity contribution in [3.8, 4) is 5.75 Å². The molecule has 0 bridgehead atoms. The van der Waals surface area contributed by atoms with E-state index in [1.807, 2.05) is 18.2 Å². The quantitative estimate of drug-likeness (QED) is 0.899. The lowest BCUT2D eigenvalue weighted by molar-refractivity contribution is -0.116. The third-order valence-electron chi connectivity index (χ3n) is 4.13. The first-order valence-corrected chi connectivity index (χ1v) is 7.57. The van der Waals surface area contributed by atoms with E-state index in [9.17, 15) is 4.79 Å². The number of carbonyl (C=O) groups is 1. The van der Waals surface area contributed by atoms with E-state index < -0.39 is 0 Å². The van der Waals surface area contributed by atoms with E-state index in [1.165, 1.54) is 12.0 Å². The monoisotopic (exact) mass is 310 g/mol. The van der Waals surface area contributed by atoms with Crippen molar-refractivity contribution in [2.75, 3.05) is 25.0 Å². The van der Waals surface area contributed by atoms with Gasteiger partial charge in [-0.3, -0.25) is 4.79 Å². The molecule has 0 saturated carbocycles. The molecule has 3 rings (SSSR count). The summed E-state index contributed by atoms with van der Waals surface area (Å²) >= 11 is 0. The maximum Gasteiger partial charge on any atom is 0.224 e. The van der Waals surface area contributed by atoms with Gasteiger partial charge < -0.3 is 15.4 Å². The van der Waals surface area contributed by atoms with E-state index in [-0.39, 0.29) is 18.3 Å². The largest absolute Gasteiger partial charge is 0.493 e. The predicted molar refractivity (Wildman–Crippen MR) is 86.3 cm³/mol. The van der Waals surface area contributed by atoms with Gasteiger partial charge in [-0.15, -0.1) is 12.4 Å². The zero-order valence-corrected chi connectivity index (χ0v) is 13.0. The molecule has 2 N–H and O–H groups in total. The summed E-state index contributed by atoms with van der Waals surface area (Å²) in [6.07, 6.45) is 4.88. The molecule has 1 amide bonds. The third kappa shape index (κ3) is 4.35. The van der Waals surface area contributed by atoms with E-state index in [0.717, 1.165) is 50.4 Å². The van der Waals surface area contributed by atoms with Crippen LogP contribution in [-0.4, -0.2) is 25.6 Å². The van der Waals surface area contributed by atoms with E-state index >= 15 is 0 Å². The number of hydrogen-bond acceptors (Lipinski definition) is 3. The Balaban J connectivity index is 0.00000161. The highest BCUT2D eigenvalue weighted by atomic mass is 35.5. The van der Waals surface area contributed by atoms with Crippen molar-refractivity contribution < 1.29 is 9.53 Å². The Morgan fingerprint density at radius 1 is 1.43 bits per heavy atom. The minimum Gasteiger partial charge on any atom is -0.493 e. The summed E-state index contributed by atoms with van der Waals surface area (Å²) in [6, 6.07) is 5.94. The number of fused-ring (bicyclic) bond motifs is 1. The van der Waals surface area contributed by atoms with Crippen molar-refractivity contribution in [3.05, 3.63) is 23.8 Å². The predicted octanol–water partition coefficient (Wildman–Crippen LogP) is 2.76. The third-order valence-corrected chi connectivity index (χ3v) is 4.13. The molecule has 1 fully saturated rings. The lowest BCUT2D eigenvalue weighted by Gasteiger charge is -2.18. The number of rotatable bonds is 4. The second-order valence-corrected chi connectivity index (χ2v) is 5.72. The molecule has 0 radical (unpaired) electrons. The number of halogens is 1. The highest BCUT2D eigenvalue weighted by molar-refractivity contribution is 5.90. The van der Waals surface area contributed by atoms with E-state index in [1.54, 1.807) is 0 Å². The Morgan fingerprint density at radius 3 is 3.14 bits per heavy atom. The Morgan fingerprint density at radius 2 is 2.33 bits per heavy atom. The van der Waals surface area contributed by atoms with Gasteiger partial charge in [-0.05, 0) is 68.5 Å². The van der Waals surface area contributed by atoms with Crippen LogP contribution in [0, 0.1) is 5.92 Å². The summed E-state index contributed by atoms with van der Waals surface area (Å²) in [5, 5.41) is 6.34. The van der Waals surface area contributed by atoms with Gasteiger partial charge in [0.05, 0.1) is 6.61 Å². The van der Waals surface area contributed by atoms with Gasteiger partial charge in [0, 0.05) is 12.1 Å². The van der Waals surface area contributed by atoms with Crippen LogP contribution in [0.2, 0.25) is 0 Å². The number of carbonyl (C=O) groups excluding carboxylic acids is 1. The normalized spacial score (nSPS) is 20.1. The number of nitrogens with one attached hydrogen (secondary N) is 2. The molecule has 21 heavy (non-hydrogen) atoms. The summed E-state index contributed by atoms with van der Waals surface area (Å²) in [5.74, 6) is 1.75. The SMILES string of the molecule is Cl.O=C(CCC1CCNC1)Nc1ccc2c(c1)CCCO2. The van der Waals surface area contributed by atoms with Crippen molar-refractivity contribution in [2.45, 2.75) is 32.1 Å². The van der Waals surface area contributed by atoms with Crippen LogP contribution < -0.4 is 15.4 Å². The highest BCUT2D eigenvalue weighted by Gasteiger charge is 2.16. The van der Waals surface area contributed by atoms with E-state index in [2.05, 4.69) is 10.6 Å². The van der Waals surface area contributed by atoms with Crippen molar-refractivity contribution >= 4 is 24.0 Å². The van der Waals surface area contributed by atoms with Gasteiger partial charge in [-0.1, -0.05) is 0 Å². The number of anilines is 1. The summed E-state index contributed by atoms with van der Waals surface area (Å²) in [5.41, 5.74) is 2.10. The van der Waals surface area contributed by atoms with E-state index in [4.69, 9.17) is 4.74 Å². The van der Waals surface area contributed by atoms with Crippen LogP contribution in [0.4, 0.5) is 5.69 Å². The summed E-state index contributed by atoms with van der Waals surface area (Å²) in [6.45, 7) is 2.95. The lowest BCUT2D eigenvalue weighted by Crippen LogP contribution is -2.15. The van der Waals surface area contributed by atoms with Gasteiger partial charge in [0.2, 0.25) is 5.91 Å². The molecule has 1 atom stereocenters. The minimum absolute atomic E-state index is 0. The van der Waals surface area contributed by atoms with Crippen LogP contribution >= 0.6 is 12.4 Å². The molecule has 4 nitrogen and oxygen atoms in total. The molecule has 2 aliphatic rings. The second-order valence-electron chi connectivity index (χ2n) is 5.72. The maximum absolute atomic E-state index is 12.0. The number of benzene rings is 1. The first-order chi connectivity index (χ1) is 9.81. The molecular formula is C16H23ClN2O2. The molecule has 116 valence electrons. The van der Waals surface area contributed by atoms with Gasteiger partial charge in [0.15, 0.2) is 0 Å². The molecule has 0 aromatic heterocycles. The molecule has 1 unspecified atom stereocenters. The fraction of sp³-hybridized carbons (Fsp3) is 0.562. The van der Waals surface area contributed by atoms with Gasteiger partial charge in [0.25, 0.3) is 0 Å². The fourth-order valence-electron chi connectivity index (χ4n) is 2.96. The summed E-state index contributed by atoms with van der Waals surface area (Å²) in [7, 11) is 0. The Labute approximate surface area is 132 Å². The Bertz CT molecular complexity index is 487. The molecule has 5 heteroatoms. The maximum atomic E-state index is 12.0. The molecule has 1 aromatic carbocycles. The Kier molecular flexibility index (Phi) is 5.88. The molecule has 1 saturated heterocycles. The number of ether oxygens (including phenoxy) is 1. The topological polar surface area (TPSA) is 50.4 Å². The first kappa shape index (κ1) is 16.1. The molecule has 2 heterocycles. The molecule has 2 aliphatic heterocycles. The van der Waals surface area contributed by atoms with Crippen molar-refractivity contribution in [2.24, 2.45) is 5.92 Å². The molecule has 1 aromatic rings. The van der Waals surface area contributed by atoms with Gasteiger partial charge in [0.1, 0.15) is 5.75 Å². The number of amides is 1. The van der Waals surface area contributed by atoms with Crippen LogP contribution in [0.25, 0.3) is 0 Å². The van der Waals surface area contributed by atoms with Crippen LogP contribution in [0.5, 0.6) is 5.75 Å². The van der Waals surface area contributed by atoms with Crippen LogP contribution in [0.1, 0.15) is 31.2 Å². The second kappa shape index (κ2) is 7.66. The van der Waals surface area contributed by atoms with Crippen molar-refractivity contribution in [1.29, 1.82) is 0 Å². The fourth-order valence-corrected chi connectivity index (χ4v) is 2.96. The van der Waals surface area contributed by atoms with Crippen molar-refractivity contribution in [3.63, 3.8) is 0 Å². The number of aryl methyl sites for hydroxylation is 1. The highest BCUT2D eigenvalue weighted by Crippen LogP contribution is 2.27. The lowest BCUT2D eigenvalue weighted by atomic mass is 10.0. The van der Waals surface area contributed by atoms with Gasteiger partial charge in [-0.25, -0.2) is 0 Å². The van der Waals surface area contributed by atoms with Crippen LogP contribution in [-0.2, 0) is 11.2 Å². The first-order valence-electron chi connectivity index (χ1n) is 7.57. The standard InChI is InChI=1S/C16H22N2O2.ClH/c19-16(6-3-12-7-8-17-11-12)18-14-4-5-15-13(10-14)2-1-9-20-15;/h4-5,10,12,17H,1-3,6-9,11H2,(H,18,19);1H. The van der Waals surface area contributed by atoms with Crippen molar-refractivity contribution in [1.82, 2.24) is 5.32 Å². The van der Waals surface area contributed by atoms with E-state index in [0.29, 0.717) is 12.3 Å². The summed E-state index contributed by atoms with van der Waals surface area (Å²) < 4.78 is 5.58. The Hall–Kier alpha value is -1.26. The molecular weight excluding hydrogens is 288 g/mol. The average Bonchev–Trinajstić information content (AvgIpc) is 2.98. The smallest absolute Gasteiger partial charge is 0.224 e. The zero-order chi connectivity index (χ0) is 13.8. The average molecular weight is 311 g/mol. The molecule has 0 spiro atoms. The van der Waals surface area contributed by atoms with Crippen LogP contribution in [0.3, 0.4) is 0 Å². The molecule has 0 aliphatic carbocycles. The summed E-state index contributed by atoms with van der Waals surface area (Å²) in [4.78, 5) is 12.0. The van der Waals surface area contributed by atoms with Gasteiger partial charge >= 0.3 is 0 Å².